The molecule has 0 bridgehead atoms. The third-order valence-corrected chi connectivity index (χ3v) is 6.27. The van der Waals surface area contributed by atoms with Crippen LogP contribution in [-0.4, -0.2) is 59.2 Å². The van der Waals surface area contributed by atoms with Crippen molar-refractivity contribution in [2.75, 3.05) is 37.7 Å². The smallest absolute Gasteiger partial charge is 0.225 e. The summed E-state index contributed by atoms with van der Waals surface area (Å²) < 4.78 is 6.28. The summed E-state index contributed by atoms with van der Waals surface area (Å²) in [7, 11) is 0. The van der Waals surface area contributed by atoms with Crippen LogP contribution in [0, 0.1) is 5.92 Å². The zero-order valence-corrected chi connectivity index (χ0v) is 15.6. The van der Waals surface area contributed by atoms with Crippen LogP contribution in [0.15, 0.2) is 18.5 Å². The van der Waals surface area contributed by atoms with E-state index in [-0.39, 0.29) is 11.5 Å². The van der Waals surface area contributed by atoms with Gasteiger partial charge in [-0.2, -0.15) is 0 Å². The first kappa shape index (κ1) is 17.7. The van der Waals surface area contributed by atoms with Gasteiger partial charge in [-0.15, -0.1) is 0 Å². The van der Waals surface area contributed by atoms with Crippen molar-refractivity contribution >= 4 is 11.9 Å². The number of carbonyl (C=O) groups is 1. The number of hydrogen-bond acceptors (Lipinski definition) is 5. The fourth-order valence-corrected chi connectivity index (χ4v) is 4.71. The molecular weight excluding hydrogens is 328 g/mol. The minimum Gasteiger partial charge on any atom is -0.372 e. The number of rotatable bonds is 3. The lowest BCUT2D eigenvalue weighted by Gasteiger charge is -2.43. The van der Waals surface area contributed by atoms with Gasteiger partial charge < -0.3 is 14.5 Å². The zero-order chi connectivity index (χ0) is 17.8. The SMILES string of the molecule is O=C1CCOC2(CCN(c3ncccn3)CC2)CN1CC1CCCCC1. The van der Waals surface area contributed by atoms with Crippen LogP contribution >= 0.6 is 0 Å². The molecule has 0 radical (unpaired) electrons. The van der Waals surface area contributed by atoms with Crippen LogP contribution in [-0.2, 0) is 9.53 Å². The molecule has 6 heteroatoms. The fraction of sp³-hybridized carbons (Fsp3) is 0.750. The third kappa shape index (κ3) is 4.00. The molecule has 1 saturated carbocycles. The van der Waals surface area contributed by atoms with Gasteiger partial charge in [-0.3, -0.25) is 4.79 Å². The Kier molecular flexibility index (Phi) is 5.38. The molecule has 2 aliphatic heterocycles. The number of anilines is 1. The third-order valence-electron chi connectivity index (χ3n) is 6.27. The fourth-order valence-electron chi connectivity index (χ4n) is 4.71. The topological polar surface area (TPSA) is 58.6 Å². The number of piperidine rings is 1. The highest BCUT2D eigenvalue weighted by atomic mass is 16.5. The van der Waals surface area contributed by atoms with Crippen molar-refractivity contribution in [1.82, 2.24) is 14.9 Å². The molecule has 1 aliphatic carbocycles. The van der Waals surface area contributed by atoms with E-state index in [1.54, 1.807) is 12.4 Å². The molecule has 26 heavy (non-hydrogen) atoms. The molecule has 3 heterocycles. The summed E-state index contributed by atoms with van der Waals surface area (Å²) in [6, 6.07) is 1.85. The van der Waals surface area contributed by atoms with Crippen LogP contribution < -0.4 is 4.90 Å². The second-order valence-electron chi connectivity index (χ2n) is 8.10. The molecule has 1 aromatic rings. The molecule has 0 aromatic carbocycles. The quantitative estimate of drug-likeness (QED) is 0.831. The lowest BCUT2D eigenvalue weighted by Crippen LogP contribution is -2.53. The Labute approximate surface area is 155 Å². The van der Waals surface area contributed by atoms with E-state index in [2.05, 4.69) is 19.8 Å². The van der Waals surface area contributed by atoms with Gasteiger partial charge in [0.25, 0.3) is 0 Å². The highest BCUT2D eigenvalue weighted by Crippen LogP contribution is 2.32. The van der Waals surface area contributed by atoms with Gasteiger partial charge in [0, 0.05) is 38.6 Å². The maximum atomic E-state index is 12.6. The standard InChI is InChI=1S/C20H30N4O2/c25-18-7-14-26-20(16-24(18)15-17-5-2-1-3-6-17)8-12-23(13-9-20)19-21-10-4-11-22-19/h4,10-11,17H,1-3,5-9,12-16H2. The maximum Gasteiger partial charge on any atom is 0.225 e. The molecule has 2 saturated heterocycles. The van der Waals surface area contributed by atoms with Gasteiger partial charge >= 0.3 is 0 Å². The number of aromatic nitrogens is 2. The second kappa shape index (κ2) is 7.91. The van der Waals surface area contributed by atoms with Gasteiger partial charge in [-0.05, 0) is 37.7 Å². The molecule has 0 unspecified atom stereocenters. The highest BCUT2D eigenvalue weighted by Gasteiger charge is 2.41. The van der Waals surface area contributed by atoms with Gasteiger partial charge in [-0.25, -0.2) is 9.97 Å². The summed E-state index contributed by atoms with van der Waals surface area (Å²) in [6.45, 7) is 4.01. The molecule has 1 spiro atoms. The van der Waals surface area contributed by atoms with Crippen LogP contribution in [0.3, 0.4) is 0 Å². The van der Waals surface area contributed by atoms with E-state index in [9.17, 15) is 4.79 Å². The summed E-state index contributed by atoms with van der Waals surface area (Å²) in [4.78, 5) is 25.7. The maximum absolute atomic E-state index is 12.6. The Bertz CT molecular complexity index is 595. The molecule has 1 amide bonds. The van der Waals surface area contributed by atoms with Crippen molar-refractivity contribution in [1.29, 1.82) is 0 Å². The van der Waals surface area contributed by atoms with E-state index in [1.807, 2.05) is 6.07 Å². The van der Waals surface area contributed by atoms with Gasteiger partial charge in [0.05, 0.1) is 18.6 Å². The molecular formula is C20H30N4O2. The van der Waals surface area contributed by atoms with Gasteiger partial charge in [-0.1, -0.05) is 19.3 Å². The van der Waals surface area contributed by atoms with Crippen molar-refractivity contribution in [2.45, 2.75) is 57.0 Å². The molecule has 0 atom stereocenters. The molecule has 1 aromatic heterocycles. The molecule has 4 rings (SSSR count). The summed E-state index contributed by atoms with van der Waals surface area (Å²) in [5.74, 6) is 1.76. The van der Waals surface area contributed by atoms with Crippen molar-refractivity contribution in [3.63, 3.8) is 0 Å². The Balaban J connectivity index is 1.40. The van der Waals surface area contributed by atoms with Crippen LogP contribution in [0.2, 0.25) is 0 Å². The normalized spacial score (nSPS) is 24.7. The Hall–Kier alpha value is -1.69. The lowest BCUT2D eigenvalue weighted by molar-refractivity contribution is -0.132. The lowest BCUT2D eigenvalue weighted by atomic mass is 9.87. The van der Waals surface area contributed by atoms with Crippen LogP contribution in [0.25, 0.3) is 0 Å². The molecule has 6 nitrogen and oxygen atoms in total. The van der Waals surface area contributed by atoms with E-state index in [4.69, 9.17) is 4.74 Å². The van der Waals surface area contributed by atoms with E-state index in [0.29, 0.717) is 18.9 Å². The molecule has 3 fully saturated rings. The van der Waals surface area contributed by atoms with Gasteiger partial charge in [0.2, 0.25) is 11.9 Å². The molecule has 0 N–H and O–H groups in total. The first-order valence-corrected chi connectivity index (χ1v) is 10.2. The highest BCUT2D eigenvalue weighted by molar-refractivity contribution is 5.76. The van der Waals surface area contributed by atoms with Crippen LogP contribution in [0.4, 0.5) is 5.95 Å². The van der Waals surface area contributed by atoms with E-state index in [0.717, 1.165) is 45.0 Å². The number of amides is 1. The average molecular weight is 358 g/mol. The first-order valence-electron chi connectivity index (χ1n) is 10.2. The Morgan fingerprint density at radius 3 is 2.58 bits per heavy atom. The van der Waals surface area contributed by atoms with Crippen molar-refractivity contribution < 1.29 is 9.53 Å². The number of carbonyl (C=O) groups excluding carboxylic acids is 1. The van der Waals surface area contributed by atoms with Crippen LogP contribution in [0.1, 0.15) is 51.4 Å². The number of nitrogens with zero attached hydrogens (tertiary/aromatic N) is 4. The van der Waals surface area contributed by atoms with Gasteiger partial charge in [0.1, 0.15) is 0 Å². The minimum absolute atomic E-state index is 0.188. The zero-order valence-electron chi connectivity index (χ0n) is 15.6. The van der Waals surface area contributed by atoms with E-state index >= 15 is 0 Å². The summed E-state index contributed by atoms with van der Waals surface area (Å²) in [5.41, 5.74) is -0.188. The predicted molar refractivity (Wildman–Crippen MR) is 99.9 cm³/mol. The van der Waals surface area contributed by atoms with Crippen molar-refractivity contribution in [3.05, 3.63) is 18.5 Å². The van der Waals surface area contributed by atoms with Crippen LogP contribution in [0.5, 0.6) is 0 Å². The van der Waals surface area contributed by atoms with Crippen molar-refractivity contribution in [2.24, 2.45) is 5.92 Å². The second-order valence-corrected chi connectivity index (χ2v) is 8.10. The number of ether oxygens (including phenoxy) is 1. The summed E-state index contributed by atoms with van der Waals surface area (Å²) >= 11 is 0. The first-order chi connectivity index (χ1) is 12.7. The Morgan fingerprint density at radius 2 is 1.85 bits per heavy atom. The van der Waals surface area contributed by atoms with Crippen molar-refractivity contribution in [3.8, 4) is 0 Å². The summed E-state index contributed by atoms with van der Waals surface area (Å²) in [6.07, 6.45) is 12.5. The molecule has 3 aliphatic rings. The number of hydrogen-bond donors (Lipinski definition) is 0. The summed E-state index contributed by atoms with van der Waals surface area (Å²) in [5, 5.41) is 0. The van der Waals surface area contributed by atoms with Gasteiger partial charge in [0.15, 0.2) is 0 Å². The monoisotopic (exact) mass is 358 g/mol. The van der Waals surface area contributed by atoms with E-state index < -0.39 is 0 Å². The average Bonchev–Trinajstić information content (AvgIpc) is 2.83. The predicted octanol–water partition coefficient (Wildman–Crippen LogP) is 2.64. The largest absolute Gasteiger partial charge is 0.372 e. The minimum atomic E-state index is -0.188. The van der Waals surface area contributed by atoms with E-state index in [1.165, 1.54) is 32.1 Å². The Morgan fingerprint density at radius 1 is 1.12 bits per heavy atom. The molecule has 142 valence electrons.